The molecule has 1 aromatic carbocycles. The summed E-state index contributed by atoms with van der Waals surface area (Å²) in [5.74, 6) is -1.93. The molecule has 0 aliphatic carbocycles. The Labute approximate surface area is 85.0 Å². The van der Waals surface area contributed by atoms with Crippen molar-refractivity contribution in [2.45, 2.75) is 0 Å². The lowest BCUT2D eigenvalue weighted by Crippen LogP contribution is -2.10. The topological polar surface area (TPSA) is 127 Å². The summed E-state index contributed by atoms with van der Waals surface area (Å²) < 4.78 is 33.2. The van der Waals surface area contributed by atoms with Crippen LogP contribution in [0.15, 0.2) is 18.2 Å². The zero-order chi connectivity index (χ0) is 11.6. The van der Waals surface area contributed by atoms with Gasteiger partial charge in [0.05, 0.1) is 0 Å². The highest BCUT2D eigenvalue weighted by Crippen LogP contribution is 2.22. The number of carboxylic acid groups (broad SMARTS) is 1. The molecule has 1 aromatic rings. The second-order valence-corrected chi connectivity index (χ2v) is 3.59. The Morgan fingerprint density at radius 1 is 1.40 bits per heavy atom. The lowest BCUT2D eigenvalue weighted by molar-refractivity contribution is 0.0695. The number of nitrogens with two attached hydrogens (primary N) is 1. The third kappa shape index (κ3) is 3.11. The van der Waals surface area contributed by atoms with Gasteiger partial charge in [0.15, 0.2) is 5.75 Å². The first-order valence-electron chi connectivity index (χ1n) is 3.59. The number of hydrogen-bond donors (Lipinski definition) is 3. The second-order valence-electron chi connectivity index (χ2n) is 2.57. The Bertz CT molecular complexity index is 494. The molecule has 1 rings (SSSR count). The van der Waals surface area contributed by atoms with E-state index in [9.17, 15) is 13.2 Å². The van der Waals surface area contributed by atoms with E-state index < -0.39 is 27.7 Å². The van der Waals surface area contributed by atoms with Crippen molar-refractivity contribution in [3.05, 3.63) is 23.8 Å². The molecule has 0 saturated carbocycles. The predicted molar refractivity (Wildman–Crippen MR) is 50.0 cm³/mol. The fraction of sp³-hybridized carbons (Fsp3) is 0. The SMILES string of the molecule is Nc1ccc(C(=O)O)c(OS(=O)(=O)O)c1. The van der Waals surface area contributed by atoms with E-state index in [2.05, 4.69) is 4.18 Å². The van der Waals surface area contributed by atoms with Crippen LogP contribution in [-0.4, -0.2) is 24.0 Å². The number of benzene rings is 1. The first-order valence-corrected chi connectivity index (χ1v) is 4.96. The van der Waals surface area contributed by atoms with E-state index in [1.54, 1.807) is 0 Å². The summed E-state index contributed by atoms with van der Waals surface area (Å²) >= 11 is 0. The zero-order valence-corrected chi connectivity index (χ0v) is 8.06. The molecular formula is C7H7NO6S. The molecule has 7 nitrogen and oxygen atoms in total. The summed E-state index contributed by atoms with van der Waals surface area (Å²) in [7, 11) is -4.77. The molecule has 15 heavy (non-hydrogen) atoms. The maximum absolute atomic E-state index is 10.6. The Kier molecular flexibility index (Phi) is 2.82. The van der Waals surface area contributed by atoms with Gasteiger partial charge in [0.1, 0.15) is 5.56 Å². The number of aromatic carboxylic acids is 1. The van der Waals surface area contributed by atoms with E-state index >= 15 is 0 Å². The van der Waals surface area contributed by atoms with Crippen molar-refractivity contribution in [1.82, 2.24) is 0 Å². The molecular weight excluding hydrogens is 226 g/mol. The number of rotatable bonds is 3. The molecule has 0 heterocycles. The van der Waals surface area contributed by atoms with E-state index in [0.717, 1.165) is 12.1 Å². The van der Waals surface area contributed by atoms with E-state index in [1.165, 1.54) is 6.07 Å². The predicted octanol–water partition coefficient (Wildman–Crippen LogP) is 0.149. The van der Waals surface area contributed by atoms with Crippen molar-refractivity contribution in [2.24, 2.45) is 0 Å². The molecule has 0 aliphatic heterocycles. The third-order valence-corrected chi connectivity index (χ3v) is 1.82. The number of hydrogen-bond acceptors (Lipinski definition) is 5. The summed E-state index contributed by atoms with van der Waals surface area (Å²) in [4.78, 5) is 10.6. The van der Waals surface area contributed by atoms with E-state index in [-0.39, 0.29) is 5.69 Å². The van der Waals surface area contributed by atoms with Crippen molar-refractivity contribution in [3.63, 3.8) is 0 Å². The molecule has 82 valence electrons. The van der Waals surface area contributed by atoms with Crippen LogP contribution in [0.1, 0.15) is 10.4 Å². The van der Waals surface area contributed by atoms with Crippen LogP contribution < -0.4 is 9.92 Å². The molecule has 0 saturated heterocycles. The average molecular weight is 233 g/mol. The second kappa shape index (κ2) is 3.75. The Morgan fingerprint density at radius 2 is 2.00 bits per heavy atom. The van der Waals surface area contributed by atoms with Gasteiger partial charge in [-0.05, 0) is 12.1 Å². The smallest absolute Gasteiger partial charge is 0.446 e. The molecule has 0 atom stereocenters. The number of carbonyl (C=O) groups is 1. The molecule has 0 amide bonds. The van der Waals surface area contributed by atoms with Crippen LogP contribution >= 0.6 is 0 Å². The summed E-state index contributed by atoms with van der Waals surface area (Å²) in [5, 5.41) is 8.66. The third-order valence-electron chi connectivity index (χ3n) is 1.43. The molecule has 0 aromatic heterocycles. The zero-order valence-electron chi connectivity index (χ0n) is 7.25. The Morgan fingerprint density at radius 3 is 2.47 bits per heavy atom. The number of carboxylic acids is 1. The lowest BCUT2D eigenvalue weighted by Gasteiger charge is -2.05. The summed E-state index contributed by atoms with van der Waals surface area (Å²) in [6, 6.07) is 3.32. The van der Waals surface area contributed by atoms with Crippen LogP contribution in [0.5, 0.6) is 5.75 Å². The lowest BCUT2D eigenvalue weighted by atomic mass is 10.2. The van der Waals surface area contributed by atoms with Crippen LogP contribution in [0.3, 0.4) is 0 Å². The number of nitrogen functional groups attached to an aromatic ring is 1. The van der Waals surface area contributed by atoms with Crippen molar-refractivity contribution in [2.75, 3.05) is 5.73 Å². The normalized spacial score (nSPS) is 11.0. The fourth-order valence-corrected chi connectivity index (χ4v) is 1.26. The van der Waals surface area contributed by atoms with Gasteiger partial charge >= 0.3 is 16.4 Å². The first-order chi connectivity index (χ1) is 6.79. The standard InChI is InChI=1S/C7H7NO6S/c8-4-1-2-5(7(9)10)6(3-4)14-15(11,12)13/h1-3H,8H2,(H,9,10)(H,11,12,13). The number of anilines is 1. The summed E-state index contributed by atoms with van der Waals surface area (Å²) in [6.07, 6.45) is 0. The van der Waals surface area contributed by atoms with Crippen LogP contribution in [0, 0.1) is 0 Å². The molecule has 4 N–H and O–H groups in total. The molecule has 0 fully saturated rings. The Hall–Kier alpha value is -1.80. The van der Waals surface area contributed by atoms with Gasteiger partial charge in [-0.2, -0.15) is 8.42 Å². The van der Waals surface area contributed by atoms with Crippen molar-refractivity contribution in [3.8, 4) is 5.75 Å². The van der Waals surface area contributed by atoms with Gasteiger partial charge in [0.2, 0.25) is 0 Å². The van der Waals surface area contributed by atoms with Crippen LogP contribution in [0.2, 0.25) is 0 Å². The highest BCUT2D eigenvalue weighted by atomic mass is 32.3. The maximum atomic E-state index is 10.6. The van der Waals surface area contributed by atoms with E-state index in [4.69, 9.17) is 15.4 Å². The minimum atomic E-state index is -4.77. The monoisotopic (exact) mass is 233 g/mol. The van der Waals surface area contributed by atoms with Crippen molar-refractivity contribution < 1.29 is 27.1 Å². The van der Waals surface area contributed by atoms with E-state index in [0.29, 0.717) is 0 Å². The highest BCUT2D eigenvalue weighted by molar-refractivity contribution is 7.81. The average Bonchev–Trinajstić information content (AvgIpc) is 1.99. The molecule has 0 spiro atoms. The quantitative estimate of drug-likeness (QED) is 0.500. The summed E-state index contributed by atoms with van der Waals surface area (Å²) in [6.45, 7) is 0. The van der Waals surface area contributed by atoms with Gasteiger partial charge < -0.3 is 15.0 Å². The molecule has 0 radical (unpaired) electrons. The van der Waals surface area contributed by atoms with Crippen molar-refractivity contribution in [1.29, 1.82) is 0 Å². The summed E-state index contributed by atoms with van der Waals surface area (Å²) in [5.41, 5.74) is 4.99. The van der Waals surface area contributed by atoms with Crippen LogP contribution in [-0.2, 0) is 10.4 Å². The fourth-order valence-electron chi connectivity index (χ4n) is 0.898. The Balaban J connectivity index is 3.25. The van der Waals surface area contributed by atoms with Gasteiger partial charge in [-0.1, -0.05) is 0 Å². The minimum Gasteiger partial charge on any atom is -0.478 e. The highest BCUT2D eigenvalue weighted by Gasteiger charge is 2.16. The van der Waals surface area contributed by atoms with Crippen LogP contribution in [0.4, 0.5) is 5.69 Å². The largest absolute Gasteiger partial charge is 0.478 e. The van der Waals surface area contributed by atoms with Gasteiger partial charge in [-0.25, -0.2) is 4.79 Å². The first kappa shape index (κ1) is 11.3. The van der Waals surface area contributed by atoms with Gasteiger partial charge in [0.25, 0.3) is 0 Å². The van der Waals surface area contributed by atoms with Crippen LogP contribution in [0.25, 0.3) is 0 Å². The van der Waals surface area contributed by atoms with E-state index in [1.807, 2.05) is 0 Å². The molecule has 0 unspecified atom stereocenters. The van der Waals surface area contributed by atoms with Crippen molar-refractivity contribution >= 4 is 22.1 Å². The van der Waals surface area contributed by atoms with Gasteiger partial charge in [-0.3, -0.25) is 4.55 Å². The minimum absolute atomic E-state index is 0.110. The molecule has 0 aliphatic rings. The van der Waals surface area contributed by atoms with Gasteiger partial charge in [-0.15, -0.1) is 0 Å². The maximum Gasteiger partial charge on any atom is 0.446 e. The molecule has 8 heteroatoms. The molecule has 0 bridgehead atoms. The van der Waals surface area contributed by atoms with Gasteiger partial charge in [0, 0.05) is 11.8 Å².